The summed E-state index contributed by atoms with van der Waals surface area (Å²) in [7, 11) is 0. The summed E-state index contributed by atoms with van der Waals surface area (Å²) in [6, 6.07) is 3.30. The molecule has 5 nitrogen and oxygen atoms in total. The van der Waals surface area contributed by atoms with E-state index in [0.29, 0.717) is 11.6 Å². The molecule has 3 N–H and O–H groups in total. The Morgan fingerprint density at radius 3 is 3.11 bits per heavy atom. The fourth-order valence-corrected chi connectivity index (χ4v) is 2.34. The monoisotopic (exact) mass is 276 g/mol. The molecule has 0 aliphatic carbocycles. The first-order chi connectivity index (χ1) is 9.20. The van der Waals surface area contributed by atoms with Crippen LogP contribution in [0.1, 0.15) is 19.8 Å². The van der Waals surface area contributed by atoms with Crippen LogP contribution in [0.3, 0.4) is 0 Å². The van der Waals surface area contributed by atoms with Gasteiger partial charge in [-0.05, 0) is 18.6 Å². The summed E-state index contributed by atoms with van der Waals surface area (Å²) in [5.74, 6) is -0.186. The van der Waals surface area contributed by atoms with Gasteiger partial charge in [0.2, 0.25) is 5.91 Å². The quantitative estimate of drug-likeness (QED) is 0.877. The van der Waals surface area contributed by atoms with Crippen molar-refractivity contribution in [3.05, 3.63) is 29.9 Å². The lowest BCUT2D eigenvalue weighted by atomic mass is 10.2. The molecule has 0 aliphatic rings. The molecule has 2 aromatic heterocycles. The second-order valence-corrected chi connectivity index (χ2v) is 5.02. The van der Waals surface area contributed by atoms with E-state index in [1.165, 1.54) is 11.3 Å². The molecule has 100 valence electrons. The van der Waals surface area contributed by atoms with E-state index in [1.54, 1.807) is 12.4 Å². The lowest BCUT2D eigenvalue weighted by Gasteiger charge is -2.08. The van der Waals surface area contributed by atoms with Crippen LogP contribution in [0.25, 0.3) is 11.3 Å². The SMILES string of the molecule is CCCC(N)C(=O)Nc1nc(-c2cccnc2)cs1. The summed E-state index contributed by atoms with van der Waals surface area (Å²) >= 11 is 1.38. The molecule has 0 aromatic carbocycles. The molecule has 0 bridgehead atoms. The van der Waals surface area contributed by atoms with E-state index in [-0.39, 0.29) is 5.91 Å². The molecule has 1 amide bonds. The number of carbonyl (C=O) groups excluding carboxylic acids is 1. The van der Waals surface area contributed by atoms with E-state index in [0.717, 1.165) is 17.7 Å². The molecule has 19 heavy (non-hydrogen) atoms. The van der Waals surface area contributed by atoms with Gasteiger partial charge in [-0.1, -0.05) is 13.3 Å². The third kappa shape index (κ3) is 3.59. The van der Waals surface area contributed by atoms with Crippen molar-refractivity contribution in [3.63, 3.8) is 0 Å². The minimum atomic E-state index is -0.476. The van der Waals surface area contributed by atoms with Gasteiger partial charge < -0.3 is 11.1 Å². The van der Waals surface area contributed by atoms with Crippen LogP contribution in [0.5, 0.6) is 0 Å². The van der Waals surface area contributed by atoms with Crippen molar-refractivity contribution in [2.45, 2.75) is 25.8 Å². The number of anilines is 1. The van der Waals surface area contributed by atoms with Crippen LogP contribution in [-0.4, -0.2) is 21.9 Å². The maximum absolute atomic E-state index is 11.8. The minimum Gasteiger partial charge on any atom is -0.320 e. The zero-order valence-electron chi connectivity index (χ0n) is 10.7. The summed E-state index contributed by atoms with van der Waals surface area (Å²) in [6.45, 7) is 2.00. The summed E-state index contributed by atoms with van der Waals surface area (Å²) < 4.78 is 0. The highest BCUT2D eigenvalue weighted by atomic mass is 32.1. The Balaban J connectivity index is 2.04. The fourth-order valence-electron chi connectivity index (χ4n) is 1.62. The van der Waals surface area contributed by atoms with Gasteiger partial charge in [0.25, 0.3) is 0 Å². The Bertz CT molecular complexity index is 541. The van der Waals surface area contributed by atoms with E-state index >= 15 is 0 Å². The topological polar surface area (TPSA) is 80.9 Å². The van der Waals surface area contributed by atoms with Crippen LogP contribution in [-0.2, 0) is 4.79 Å². The molecule has 2 heterocycles. The Morgan fingerprint density at radius 2 is 2.42 bits per heavy atom. The third-order valence-corrected chi connectivity index (χ3v) is 3.39. The van der Waals surface area contributed by atoms with Crippen molar-refractivity contribution in [1.82, 2.24) is 9.97 Å². The molecule has 2 rings (SSSR count). The number of carbonyl (C=O) groups is 1. The number of nitrogens with two attached hydrogens (primary N) is 1. The van der Waals surface area contributed by atoms with Crippen LogP contribution >= 0.6 is 11.3 Å². The second-order valence-electron chi connectivity index (χ2n) is 4.16. The largest absolute Gasteiger partial charge is 0.320 e. The normalized spacial score (nSPS) is 12.1. The number of hydrogen-bond donors (Lipinski definition) is 2. The average molecular weight is 276 g/mol. The van der Waals surface area contributed by atoms with Crippen LogP contribution in [0.4, 0.5) is 5.13 Å². The molecule has 6 heteroatoms. The number of nitrogens with one attached hydrogen (secondary N) is 1. The van der Waals surface area contributed by atoms with E-state index in [2.05, 4.69) is 15.3 Å². The molecule has 1 unspecified atom stereocenters. The number of hydrogen-bond acceptors (Lipinski definition) is 5. The van der Waals surface area contributed by atoms with Crippen LogP contribution < -0.4 is 11.1 Å². The third-order valence-electron chi connectivity index (χ3n) is 2.63. The van der Waals surface area contributed by atoms with Crippen molar-refractivity contribution < 1.29 is 4.79 Å². The van der Waals surface area contributed by atoms with Gasteiger partial charge in [0.1, 0.15) is 0 Å². The van der Waals surface area contributed by atoms with E-state index in [1.807, 2.05) is 24.4 Å². The maximum atomic E-state index is 11.8. The zero-order chi connectivity index (χ0) is 13.7. The van der Waals surface area contributed by atoms with Crippen molar-refractivity contribution in [1.29, 1.82) is 0 Å². The first kappa shape index (κ1) is 13.6. The molecular weight excluding hydrogens is 260 g/mol. The van der Waals surface area contributed by atoms with Crippen molar-refractivity contribution >= 4 is 22.4 Å². The predicted molar refractivity (Wildman–Crippen MR) is 76.9 cm³/mol. The number of thiazole rings is 1. The molecular formula is C13H16N4OS. The number of aromatic nitrogens is 2. The fraction of sp³-hybridized carbons (Fsp3) is 0.308. The minimum absolute atomic E-state index is 0.186. The summed E-state index contributed by atoms with van der Waals surface area (Å²) in [4.78, 5) is 20.2. The zero-order valence-corrected chi connectivity index (χ0v) is 11.5. The average Bonchev–Trinajstić information content (AvgIpc) is 2.88. The standard InChI is InChI=1S/C13H16N4OS/c1-2-4-10(14)12(18)17-13-16-11(8-19-13)9-5-3-6-15-7-9/h3,5-8,10H,2,4,14H2,1H3,(H,16,17,18). The van der Waals surface area contributed by atoms with Gasteiger partial charge in [0.05, 0.1) is 11.7 Å². The molecule has 0 spiro atoms. The van der Waals surface area contributed by atoms with Gasteiger partial charge in [0, 0.05) is 23.3 Å². The van der Waals surface area contributed by atoms with Gasteiger partial charge in [-0.3, -0.25) is 9.78 Å². The molecule has 1 atom stereocenters. The highest BCUT2D eigenvalue weighted by Crippen LogP contribution is 2.24. The van der Waals surface area contributed by atoms with Crippen molar-refractivity contribution in [2.75, 3.05) is 5.32 Å². The Kier molecular flexibility index (Phi) is 4.59. The number of nitrogens with zero attached hydrogens (tertiary/aromatic N) is 2. The summed E-state index contributed by atoms with van der Waals surface area (Å²) in [6.07, 6.45) is 5.01. The van der Waals surface area contributed by atoms with Crippen LogP contribution in [0.2, 0.25) is 0 Å². The van der Waals surface area contributed by atoms with Gasteiger partial charge in [-0.25, -0.2) is 4.98 Å². The Morgan fingerprint density at radius 1 is 1.58 bits per heavy atom. The van der Waals surface area contributed by atoms with Crippen molar-refractivity contribution in [3.8, 4) is 11.3 Å². The van der Waals surface area contributed by atoms with Gasteiger partial charge in [-0.2, -0.15) is 0 Å². The highest BCUT2D eigenvalue weighted by Gasteiger charge is 2.14. The Labute approximate surface area is 115 Å². The second kappa shape index (κ2) is 6.40. The number of rotatable bonds is 5. The molecule has 0 saturated carbocycles. The smallest absolute Gasteiger partial charge is 0.243 e. The van der Waals surface area contributed by atoms with Crippen LogP contribution in [0.15, 0.2) is 29.9 Å². The van der Waals surface area contributed by atoms with Gasteiger partial charge in [-0.15, -0.1) is 11.3 Å². The van der Waals surface area contributed by atoms with E-state index < -0.39 is 6.04 Å². The van der Waals surface area contributed by atoms with Gasteiger partial charge >= 0.3 is 0 Å². The summed E-state index contributed by atoms with van der Waals surface area (Å²) in [5.41, 5.74) is 7.48. The molecule has 0 aliphatic heterocycles. The van der Waals surface area contributed by atoms with Crippen LogP contribution in [0, 0.1) is 0 Å². The van der Waals surface area contributed by atoms with Gasteiger partial charge in [0.15, 0.2) is 5.13 Å². The Hall–Kier alpha value is -1.79. The molecule has 0 radical (unpaired) electrons. The van der Waals surface area contributed by atoms with E-state index in [4.69, 9.17) is 5.73 Å². The number of pyridine rings is 1. The maximum Gasteiger partial charge on any atom is 0.243 e. The molecule has 0 fully saturated rings. The van der Waals surface area contributed by atoms with E-state index in [9.17, 15) is 4.79 Å². The molecule has 2 aromatic rings. The molecule has 0 saturated heterocycles. The predicted octanol–water partition coefficient (Wildman–Crippen LogP) is 2.27. The lowest BCUT2D eigenvalue weighted by molar-refractivity contribution is -0.117. The summed E-state index contributed by atoms with van der Waals surface area (Å²) in [5, 5.41) is 5.19. The first-order valence-electron chi connectivity index (χ1n) is 6.13. The number of amides is 1. The first-order valence-corrected chi connectivity index (χ1v) is 7.01. The lowest BCUT2D eigenvalue weighted by Crippen LogP contribution is -2.35. The highest BCUT2D eigenvalue weighted by molar-refractivity contribution is 7.14. The van der Waals surface area contributed by atoms with Crippen molar-refractivity contribution in [2.24, 2.45) is 5.73 Å².